The highest BCUT2D eigenvalue weighted by molar-refractivity contribution is 5.76. The van der Waals surface area contributed by atoms with Crippen LogP contribution in [0.3, 0.4) is 0 Å². The minimum absolute atomic E-state index is 0.0177. The third kappa shape index (κ3) is 3.22. The smallest absolute Gasteiger partial charge is 0.220 e. The second kappa shape index (κ2) is 8.59. The number of likely N-dealkylation sites (tertiary alicyclic amines) is 1. The maximum absolute atomic E-state index is 12.8. The molecule has 1 aromatic carbocycles. The van der Waals surface area contributed by atoms with Crippen LogP contribution in [-0.4, -0.2) is 66.3 Å². The third-order valence-corrected chi connectivity index (χ3v) is 11.4. The Balaban J connectivity index is 1.22. The lowest BCUT2D eigenvalue weighted by molar-refractivity contribution is -0.276. The number of nitrogens with zero attached hydrogens (tertiary/aromatic N) is 1. The monoisotopic (exact) mass is 523 g/mol. The van der Waals surface area contributed by atoms with Gasteiger partial charge < -0.3 is 25.6 Å². The van der Waals surface area contributed by atoms with Crippen molar-refractivity contribution in [3.8, 4) is 11.5 Å². The molecule has 0 radical (unpaired) electrons. The van der Waals surface area contributed by atoms with E-state index in [1.165, 1.54) is 30.5 Å². The van der Waals surface area contributed by atoms with Crippen LogP contribution in [-0.2, 0) is 26.2 Å². The number of hydrogen-bond acceptors (Lipinski definition) is 6. The zero-order chi connectivity index (χ0) is 26.3. The molecule has 8 rings (SSSR count). The first-order chi connectivity index (χ1) is 18.3. The molecule has 2 heterocycles. The van der Waals surface area contributed by atoms with Crippen molar-refractivity contribution in [1.82, 2.24) is 10.2 Å². The van der Waals surface area contributed by atoms with E-state index < -0.39 is 5.60 Å². The van der Waals surface area contributed by atoms with Gasteiger partial charge in [0.15, 0.2) is 11.5 Å². The van der Waals surface area contributed by atoms with Gasteiger partial charge in [0.05, 0.1) is 0 Å². The number of hydrogen-bond donors (Lipinski definition) is 3. The second-order valence-corrected chi connectivity index (χ2v) is 13.0. The molecule has 7 aliphatic rings. The van der Waals surface area contributed by atoms with E-state index in [-0.39, 0.29) is 40.4 Å². The molecule has 0 aromatic heterocycles. The van der Waals surface area contributed by atoms with Crippen LogP contribution in [0.25, 0.3) is 0 Å². The summed E-state index contributed by atoms with van der Waals surface area (Å²) in [6.07, 6.45) is 9.60. The van der Waals surface area contributed by atoms with Crippen LogP contribution >= 0.6 is 0 Å². The number of ether oxygens (including phenoxy) is 2. The van der Waals surface area contributed by atoms with Crippen molar-refractivity contribution in [1.29, 1.82) is 0 Å². The molecule has 5 fully saturated rings. The largest absolute Gasteiger partial charge is 0.504 e. The second-order valence-electron chi connectivity index (χ2n) is 13.0. The molecule has 38 heavy (non-hydrogen) atoms. The fourth-order valence-electron chi connectivity index (χ4n) is 9.70. The third-order valence-electron chi connectivity index (χ3n) is 11.4. The van der Waals surface area contributed by atoms with E-state index in [1.54, 1.807) is 0 Å². The molecule has 1 aromatic rings. The molecule has 2 spiro atoms. The number of amides is 2. The standard InChI is InChI=1S/C30H41N3O5/c1-37-30-11-10-28(15-20(30)16-32-24(36)5-3-2-4-23(31)35)22-14-19-8-9-21(34)26-25(19)29(28,27(30)38-26)12-13-33(22)17-18-6-7-18/h8-9,18,20,22,27,34H,2-7,10-17H2,1H3,(H2,31,35)(H,32,36)/t20?,22-,27?,28-,29+,30?/m1/s1. The van der Waals surface area contributed by atoms with E-state index >= 15 is 0 Å². The van der Waals surface area contributed by atoms with E-state index in [9.17, 15) is 14.7 Å². The Morgan fingerprint density at radius 1 is 1.21 bits per heavy atom. The van der Waals surface area contributed by atoms with E-state index in [1.807, 2.05) is 13.2 Å². The van der Waals surface area contributed by atoms with E-state index in [0.29, 0.717) is 44.0 Å². The molecule has 4 saturated carbocycles. The molecule has 206 valence electrons. The van der Waals surface area contributed by atoms with Gasteiger partial charge in [0, 0.05) is 61.4 Å². The van der Waals surface area contributed by atoms with Crippen LogP contribution < -0.4 is 15.8 Å². The van der Waals surface area contributed by atoms with Crippen LogP contribution in [0.15, 0.2) is 12.1 Å². The van der Waals surface area contributed by atoms with Gasteiger partial charge >= 0.3 is 0 Å². The number of nitrogens with two attached hydrogens (primary N) is 1. The fraction of sp³-hybridized carbons (Fsp3) is 0.733. The van der Waals surface area contributed by atoms with Crippen LogP contribution in [0, 0.1) is 17.3 Å². The summed E-state index contributed by atoms with van der Waals surface area (Å²) >= 11 is 0. The Labute approximate surface area is 224 Å². The number of nitrogens with one attached hydrogen (secondary N) is 1. The Kier molecular flexibility index (Phi) is 5.58. The van der Waals surface area contributed by atoms with Crippen molar-refractivity contribution in [2.24, 2.45) is 23.0 Å². The molecule has 4 bridgehead atoms. The highest BCUT2D eigenvalue weighted by Crippen LogP contribution is 2.76. The van der Waals surface area contributed by atoms with Gasteiger partial charge in [-0.25, -0.2) is 0 Å². The molecule has 8 heteroatoms. The van der Waals surface area contributed by atoms with E-state index in [0.717, 1.165) is 44.6 Å². The molecule has 4 N–H and O–H groups in total. The van der Waals surface area contributed by atoms with Crippen molar-refractivity contribution in [2.75, 3.05) is 26.7 Å². The van der Waals surface area contributed by atoms with Gasteiger partial charge in [0.1, 0.15) is 11.7 Å². The minimum atomic E-state index is -0.510. The molecule has 8 nitrogen and oxygen atoms in total. The summed E-state index contributed by atoms with van der Waals surface area (Å²) in [5.41, 5.74) is 7.24. The summed E-state index contributed by atoms with van der Waals surface area (Å²) in [5.74, 6) is 1.60. The lowest BCUT2D eigenvalue weighted by atomic mass is 9.35. The zero-order valence-electron chi connectivity index (χ0n) is 22.5. The SMILES string of the molecule is COC12CC[C@@]3(CC1CNC(=O)CCCCC(N)=O)[C@H]1Cc4ccc(O)c5c4[C@@]3(CCN1CC1CC1)C2O5. The van der Waals surface area contributed by atoms with Crippen molar-refractivity contribution in [3.63, 3.8) is 0 Å². The number of methoxy groups -OCH3 is 1. The molecule has 5 aliphatic carbocycles. The summed E-state index contributed by atoms with van der Waals surface area (Å²) in [5, 5.41) is 14.2. The molecular formula is C30H41N3O5. The Morgan fingerprint density at radius 3 is 2.79 bits per heavy atom. The van der Waals surface area contributed by atoms with Gasteiger partial charge in [-0.15, -0.1) is 0 Å². The van der Waals surface area contributed by atoms with Crippen molar-refractivity contribution in [3.05, 3.63) is 23.3 Å². The highest BCUT2D eigenvalue weighted by atomic mass is 16.6. The first-order valence-electron chi connectivity index (χ1n) is 14.7. The summed E-state index contributed by atoms with van der Waals surface area (Å²) in [6, 6.07) is 4.41. The number of carbonyl (C=O) groups excluding carboxylic acids is 2. The highest BCUT2D eigenvalue weighted by Gasteiger charge is 2.80. The van der Waals surface area contributed by atoms with Crippen molar-refractivity contribution in [2.45, 2.75) is 93.8 Å². The van der Waals surface area contributed by atoms with Crippen LogP contribution in [0.4, 0.5) is 0 Å². The summed E-state index contributed by atoms with van der Waals surface area (Å²) < 4.78 is 13.3. The van der Waals surface area contributed by atoms with Crippen LogP contribution in [0.1, 0.15) is 75.3 Å². The number of carbonyl (C=O) groups is 2. The molecule has 1 saturated heterocycles. The number of piperidine rings is 1. The first kappa shape index (κ1) is 24.7. The van der Waals surface area contributed by atoms with Crippen LogP contribution in [0.2, 0.25) is 0 Å². The normalized spacial score (nSPS) is 38.0. The lowest BCUT2D eigenvalue weighted by Gasteiger charge is -2.74. The Morgan fingerprint density at radius 2 is 2.03 bits per heavy atom. The Bertz CT molecular complexity index is 1170. The van der Waals surface area contributed by atoms with Gasteiger partial charge in [0.25, 0.3) is 0 Å². The molecule has 3 unspecified atom stereocenters. The quantitative estimate of drug-likeness (QED) is 0.407. The molecule has 6 atom stereocenters. The number of unbranched alkanes of at least 4 members (excludes halogenated alkanes) is 1. The van der Waals surface area contributed by atoms with Gasteiger partial charge in [-0.1, -0.05) is 6.07 Å². The average Bonchev–Trinajstić information content (AvgIpc) is 3.65. The fourth-order valence-corrected chi connectivity index (χ4v) is 9.70. The van der Waals surface area contributed by atoms with E-state index in [4.69, 9.17) is 15.2 Å². The van der Waals surface area contributed by atoms with Gasteiger partial charge in [-0.05, 0) is 81.9 Å². The van der Waals surface area contributed by atoms with E-state index in [2.05, 4.69) is 16.3 Å². The summed E-state index contributed by atoms with van der Waals surface area (Å²) in [4.78, 5) is 26.6. The maximum Gasteiger partial charge on any atom is 0.220 e. The predicted octanol–water partition coefficient (Wildman–Crippen LogP) is 2.78. The maximum atomic E-state index is 12.8. The van der Waals surface area contributed by atoms with Gasteiger partial charge in [-0.3, -0.25) is 14.5 Å². The first-order valence-corrected chi connectivity index (χ1v) is 14.7. The summed E-state index contributed by atoms with van der Waals surface area (Å²) in [6.45, 7) is 2.82. The van der Waals surface area contributed by atoms with Gasteiger partial charge in [-0.2, -0.15) is 0 Å². The number of phenolic OH excluding ortho intramolecular Hbond substituents is 1. The topological polar surface area (TPSA) is 114 Å². The number of phenols is 1. The van der Waals surface area contributed by atoms with Crippen molar-refractivity contribution >= 4 is 11.8 Å². The van der Waals surface area contributed by atoms with Crippen LogP contribution in [0.5, 0.6) is 11.5 Å². The molecule has 2 amide bonds. The Hall–Kier alpha value is -2.32. The molecule has 2 aliphatic heterocycles. The number of benzene rings is 1. The lowest BCUT2D eigenvalue weighted by Crippen LogP contribution is -2.81. The number of rotatable bonds is 10. The number of aromatic hydroxyl groups is 1. The average molecular weight is 524 g/mol. The number of fused-ring (bicyclic) bond motifs is 2. The zero-order valence-corrected chi connectivity index (χ0v) is 22.5. The summed E-state index contributed by atoms with van der Waals surface area (Å²) in [7, 11) is 1.81. The van der Waals surface area contributed by atoms with Crippen molar-refractivity contribution < 1.29 is 24.2 Å². The molecular weight excluding hydrogens is 482 g/mol. The van der Waals surface area contributed by atoms with Gasteiger partial charge in [0.2, 0.25) is 11.8 Å². The minimum Gasteiger partial charge on any atom is -0.504 e. The predicted molar refractivity (Wildman–Crippen MR) is 141 cm³/mol. The number of primary amides is 1.